The first-order valence-electron chi connectivity index (χ1n) is 4.53. The fourth-order valence-electron chi connectivity index (χ4n) is 1.56. The highest BCUT2D eigenvalue weighted by atomic mass is 35.5. The Bertz CT molecular complexity index is 488. The molecule has 1 heterocycles. The van der Waals surface area contributed by atoms with Crippen molar-refractivity contribution in [2.75, 3.05) is 18.9 Å². The predicted molar refractivity (Wildman–Crippen MR) is 62.1 cm³/mol. The topological polar surface area (TPSA) is 49.4 Å². The molecule has 0 aliphatic carbocycles. The molecule has 2 rings (SSSR count). The Labute approximate surface area is 102 Å². The summed E-state index contributed by atoms with van der Waals surface area (Å²) in [6, 6.07) is 2.99. The molecule has 0 saturated heterocycles. The molecule has 0 bridgehead atoms. The Morgan fingerprint density at radius 3 is 2.69 bits per heavy atom. The van der Waals surface area contributed by atoms with Crippen molar-refractivity contribution in [2.24, 2.45) is 0 Å². The zero-order chi connectivity index (χ0) is 11.9. The number of hydrogen-bond acceptors (Lipinski definition) is 2. The van der Waals surface area contributed by atoms with Crippen molar-refractivity contribution in [2.45, 2.75) is 0 Å². The summed E-state index contributed by atoms with van der Waals surface area (Å²) in [5.74, 6) is -0.567. The summed E-state index contributed by atoms with van der Waals surface area (Å²) >= 11 is 11.8. The maximum absolute atomic E-state index is 11.9. The third-order valence-electron chi connectivity index (χ3n) is 2.27. The van der Waals surface area contributed by atoms with Gasteiger partial charge in [-0.05, 0) is 12.1 Å². The van der Waals surface area contributed by atoms with Crippen molar-refractivity contribution in [1.29, 1.82) is 0 Å². The smallest absolute Gasteiger partial charge is 0.257 e. The van der Waals surface area contributed by atoms with Gasteiger partial charge in [-0.1, -0.05) is 23.2 Å². The Morgan fingerprint density at radius 1 is 1.31 bits per heavy atom. The second-order valence-electron chi connectivity index (χ2n) is 3.52. The minimum absolute atomic E-state index is 0.00145. The SMILES string of the molecule is CN1CC(=O)Nc2cc(Cl)cc(Cl)c2C1=O. The quantitative estimate of drug-likeness (QED) is 0.774. The molecule has 0 radical (unpaired) electrons. The van der Waals surface area contributed by atoms with Gasteiger partial charge in [0.25, 0.3) is 5.91 Å². The van der Waals surface area contributed by atoms with Gasteiger partial charge in [-0.25, -0.2) is 0 Å². The lowest BCUT2D eigenvalue weighted by atomic mass is 10.1. The molecule has 2 amide bonds. The predicted octanol–water partition coefficient (Wildman–Crippen LogP) is 2.02. The second kappa shape index (κ2) is 3.96. The minimum Gasteiger partial charge on any atom is -0.332 e. The molecule has 1 aliphatic heterocycles. The van der Waals surface area contributed by atoms with Gasteiger partial charge in [-0.15, -0.1) is 0 Å². The number of carbonyl (C=O) groups is 2. The van der Waals surface area contributed by atoms with Crippen molar-refractivity contribution in [3.8, 4) is 0 Å². The fourth-order valence-corrected chi connectivity index (χ4v) is 2.13. The summed E-state index contributed by atoms with van der Waals surface area (Å²) in [6.07, 6.45) is 0. The average molecular weight is 259 g/mol. The van der Waals surface area contributed by atoms with Gasteiger partial charge < -0.3 is 10.2 Å². The molecule has 1 aromatic carbocycles. The lowest BCUT2D eigenvalue weighted by Crippen LogP contribution is -2.31. The highest BCUT2D eigenvalue weighted by Gasteiger charge is 2.26. The molecular formula is C10H8Cl2N2O2. The van der Waals surface area contributed by atoms with E-state index in [1.54, 1.807) is 7.05 Å². The van der Waals surface area contributed by atoms with Gasteiger partial charge in [0, 0.05) is 12.1 Å². The van der Waals surface area contributed by atoms with Crippen molar-refractivity contribution in [1.82, 2.24) is 4.90 Å². The van der Waals surface area contributed by atoms with Gasteiger partial charge in [0.1, 0.15) is 0 Å². The van der Waals surface area contributed by atoms with Crippen LogP contribution < -0.4 is 5.32 Å². The largest absolute Gasteiger partial charge is 0.332 e. The van der Waals surface area contributed by atoms with Gasteiger partial charge in [-0.2, -0.15) is 0 Å². The Morgan fingerprint density at radius 2 is 2.00 bits per heavy atom. The molecule has 0 saturated carbocycles. The van der Waals surface area contributed by atoms with Crippen LogP contribution in [0.3, 0.4) is 0 Å². The lowest BCUT2D eigenvalue weighted by Gasteiger charge is -2.13. The van der Waals surface area contributed by atoms with Crippen molar-refractivity contribution >= 4 is 40.7 Å². The summed E-state index contributed by atoms with van der Waals surface area (Å²) in [5, 5.41) is 3.21. The van der Waals surface area contributed by atoms with E-state index in [0.717, 1.165) is 0 Å². The Hall–Kier alpha value is -1.26. The van der Waals surface area contributed by atoms with E-state index in [4.69, 9.17) is 23.2 Å². The zero-order valence-electron chi connectivity index (χ0n) is 8.38. The Kier molecular flexibility index (Phi) is 2.78. The van der Waals surface area contributed by atoms with Crippen LogP contribution in [0.2, 0.25) is 10.0 Å². The normalized spacial score (nSPS) is 15.6. The molecule has 1 aromatic rings. The molecule has 0 unspecified atom stereocenters. The van der Waals surface area contributed by atoms with Crippen LogP contribution >= 0.6 is 23.2 Å². The van der Waals surface area contributed by atoms with Crippen LogP contribution in [-0.2, 0) is 4.79 Å². The number of carbonyl (C=O) groups excluding carboxylic acids is 2. The third kappa shape index (κ3) is 1.86. The highest BCUT2D eigenvalue weighted by molar-refractivity contribution is 6.38. The number of likely N-dealkylation sites (N-methyl/N-ethyl adjacent to an activating group) is 1. The monoisotopic (exact) mass is 258 g/mol. The number of rotatable bonds is 0. The van der Waals surface area contributed by atoms with Gasteiger partial charge >= 0.3 is 0 Å². The summed E-state index contributed by atoms with van der Waals surface area (Å²) < 4.78 is 0. The van der Waals surface area contributed by atoms with Crippen molar-refractivity contribution < 1.29 is 9.59 Å². The third-order valence-corrected chi connectivity index (χ3v) is 2.79. The lowest BCUT2D eigenvalue weighted by molar-refractivity contribution is -0.116. The van der Waals surface area contributed by atoms with Crippen LogP contribution in [-0.4, -0.2) is 30.3 Å². The molecule has 0 spiro atoms. The van der Waals surface area contributed by atoms with E-state index in [1.807, 2.05) is 0 Å². The molecule has 1 N–H and O–H groups in total. The summed E-state index contributed by atoms with van der Waals surface area (Å²) in [6.45, 7) is 0.00145. The van der Waals surface area contributed by atoms with Crippen LogP contribution in [0.25, 0.3) is 0 Å². The van der Waals surface area contributed by atoms with Crippen LogP contribution in [0.4, 0.5) is 5.69 Å². The van der Waals surface area contributed by atoms with Gasteiger partial charge in [0.05, 0.1) is 22.8 Å². The van der Waals surface area contributed by atoms with Gasteiger partial charge in [0.15, 0.2) is 0 Å². The first-order chi connectivity index (χ1) is 7.49. The van der Waals surface area contributed by atoms with Crippen LogP contribution in [0.15, 0.2) is 12.1 Å². The average Bonchev–Trinajstić information content (AvgIpc) is 2.24. The van der Waals surface area contributed by atoms with Crippen LogP contribution in [0.1, 0.15) is 10.4 Å². The molecule has 1 aliphatic rings. The summed E-state index contributed by atoms with van der Waals surface area (Å²) in [7, 11) is 1.54. The number of anilines is 1. The van der Waals surface area contributed by atoms with E-state index >= 15 is 0 Å². The van der Waals surface area contributed by atoms with Crippen molar-refractivity contribution in [3.63, 3.8) is 0 Å². The standard InChI is InChI=1S/C10H8Cl2N2O2/c1-14-4-8(15)13-7-3-5(11)2-6(12)9(7)10(14)16/h2-3H,4H2,1H3,(H,13,15). The van der Waals surface area contributed by atoms with E-state index in [0.29, 0.717) is 10.7 Å². The van der Waals surface area contributed by atoms with E-state index in [2.05, 4.69) is 5.32 Å². The number of halogens is 2. The summed E-state index contributed by atoms with van der Waals surface area (Å²) in [4.78, 5) is 24.7. The van der Waals surface area contributed by atoms with E-state index < -0.39 is 0 Å². The van der Waals surface area contributed by atoms with E-state index in [-0.39, 0.29) is 28.9 Å². The number of nitrogens with one attached hydrogen (secondary N) is 1. The minimum atomic E-state index is -0.296. The molecule has 0 aromatic heterocycles. The van der Waals surface area contributed by atoms with E-state index in [9.17, 15) is 9.59 Å². The Balaban J connectivity index is 2.64. The van der Waals surface area contributed by atoms with Crippen LogP contribution in [0.5, 0.6) is 0 Å². The molecule has 4 nitrogen and oxygen atoms in total. The maximum atomic E-state index is 11.9. The number of amides is 2. The molecule has 0 atom stereocenters. The first kappa shape index (κ1) is 11.2. The molecular weight excluding hydrogens is 251 g/mol. The molecule has 0 fully saturated rings. The van der Waals surface area contributed by atoms with Gasteiger partial charge in [-0.3, -0.25) is 9.59 Å². The molecule has 84 valence electrons. The maximum Gasteiger partial charge on any atom is 0.257 e. The fraction of sp³-hybridized carbons (Fsp3) is 0.200. The van der Waals surface area contributed by atoms with Crippen molar-refractivity contribution in [3.05, 3.63) is 27.7 Å². The van der Waals surface area contributed by atoms with E-state index in [1.165, 1.54) is 17.0 Å². The highest BCUT2D eigenvalue weighted by Crippen LogP contribution is 2.31. The second-order valence-corrected chi connectivity index (χ2v) is 4.36. The van der Waals surface area contributed by atoms with Gasteiger partial charge in [0.2, 0.25) is 5.91 Å². The first-order valence-corrected chi connectivity index (χ1v) is 5.29. The summed E-state index contributed by atoms with van der Waals surface area (Å²) in [5.41, 5.74) is 0.635. The molecule has 16 heavy (non-hydrogen) atoms. The number of nitrogens with zero attached hydrogens (tertiary/aromatic N) is 1. The number of fused-ring (bicyclic) bond motifs is 1. The zero-order valence-corrected chi connectivity index (χ0v) is 9.89. The number of hydrogen-bond donors (Lipinski definition) is 1. The number of benzene rings is 1. The van der Waals surface area contributed by atoms with Crippen LogP contribution in [0, 0.1) is 0 Å². The molecule has 6 heteroatoms.